The summed E-state index contributed by atoms with van der Waals surface area (Å²) in [7, 11) is 0. The molecule has 1 aromatic rings. The van der Waals surface area contributed by atoms with E-state index < -0.39 is 0 Å². The van der Waals surface area contributed by atoms with Crippen LogP contribution in [0.5, 0.6) is 0 Å². The predicted molar refractivity (Wildman–Crippen MR) is 40.9 cm³/mol. The van der Waals surface area contributed by atoms with Gasteiger partial charge in [-0.1, -0.05) is 4.49 Å². The van der Waals surface area contributed by atoms with E-state index >= 15 is 0 Å². The molecule has 1 aromatic heterocycles. The summed E-state index contributed by atoms with van der Waals surface area (Å²) < 4.78 is 9.24. The number of fused-ring (bicyclic) bond motifs is 1. The Morgan fingerprint density at radius 2 is 2.50 bits per heavy atom. The lowest BCUT2D eigenvalue weighted by atomic mass is 11.0. The lowest BCUT2D eigenvalue weighted by molar-refractivity contribution is 1.03. The van der Waals surface area contributed by atoms with Gasteiger partial charge in [-0.15, -0.1) is 5.10 Å². The van der Waals surface area contributed by atoms with Gasteiger partial charge in [0.15, 0.2) is 5.03 Å². The van der Waals surface area contributed by atoms with Crippen molar-refractivity contribution in [2.75, 3.05) is 0 Å². The van der Waals surface area contributed by atoms with E-state index in [4.69, 9.17) is 0 Å². The van der Waals surface area contributed by atoms with Crippen molar-refractivity contribution < 1.29 is 0 Å². The molecule has 0 aliphatic carbocycles. The maximum Gasteiger partial charge on any atom is 0.169 e. The third-order valence-corrected chi connectivity index (χ3v) is 5.45. The smallest absolute Gasteiger partial charge is 0.169 e. The number of halogens is 1. The van der Waals surface area contributed by atoms with Gasteiger partial charge in [0.05, 0.1) is 21.0 Å². The second-order valence-electron chi connectivity index (χ2n) is 1.10. The van der Waals surface area contributed by atoms with Crippen molar-refractivity contribution in [1.82, 2.24) is 9.59 Å². The maximum absolute atomic E-state index is 4.15. The molecule has 0 saturated heterocycles. The normalized spacial score (nSPS) is 15.5. The van der Waals surface area contributed by atoms with Gasteiger partial charge in [0.25, 0.3) is 0 Å². The topological polar surface area (TPSA) is 38.1 Å². The minimum absolute atomic E-state index is 0.0584. The fourth-order valence-corrected chi connectivity index (χ4v) is 4.62. The Balaban J connectivity index is 2.67. The second-order valence-corrected chi connectivity index (χ2v) is 6.03. The predicted octanol–water partition coefficient (Wildman–Crippen LogP) is 1.88. The molecule has 0 saturated carbocycles. The van der Waals surface area contributed by atoms with Gasteiger partial charge in [-0.25, -0.2) is 0 Å². The van der Waals surface area contributed by atoms with Crippen molar-refractivity contribution in [3.63, 3.8) is 0 Å². The molecule has 2 heterocycles. The Morgan fingerprint density at radius 3 is 3.38 bits per heavy atom. The fraction of sp³-hybridized carbons (Fsp3) is 0. The molecule has 0 bridgehead atoms. The Hall–Kier alpha value is 0.440. The van der Waals surface area contributed by atoms with Crippen LogP contribution in [0.3, 0.4) is 0 Å². The molecule has 0 N–H and O–H groups in total. The summed E-state index contributed by atoms with van der Waals surface area (Å²) in [4.78, 5) is 0. The van der Waals surface area contributed by atoms with E-state index in [1.165, 1.54) is 26.4 Å². The number of hydrogen-bond donors (Lipinski definition) is 0. The van der Waals surface area contributed by atoms with E-state index in [0.29, 0.717) is 0 Å². The van der Waals surface area contributed by atoms with Crippen molar-refractivity contribution in [3.05, 3.63) is 2.88 Å². The van der Waals surface area contributed by atoms with Crippen LogP contribution >= 0.6 is 44.5 Å². The molecule has 8 heavy (non-hydrogen) atoms. The van der Waals surface area contributed by atoms with E-state index in [1.54, 1.807) is 0 Å². The third-order valence-electron chi connectivity index (χ3n) is 0.653. The molecule has 0 unspecified atom stereocenters. The van der Waals surface area contributed by atoms with E-state index in [1.807, 2.05) is 0 Å². The van der Waals surface area contributed by atoms with Crippen LogP contribution < -0.4 is 0 Å². The van der Waals surface area contributed by atoms with Crippen molar-refractivity contribution in [2.45, 2.75) is 5.03 Å². The molecule has 0 fully saturated rings. The lowest BCUT2D eigenvalue weighted by Crippen LogP contribution is -1.65. The van der Waals surface area contributed by atoms with E-state index in [9.17, 15) is 0 Å². The van der Waals surface area contributed by atoms with Gasteiger partial charge in [0.2, 0.25) is 0 Å². The Bertz CT molecular complexity index is 231. The summed E-state index contributed by atoms with van der Waals surface area (Å²) in [5.74, 6) is 0. The first-order chi connectivity index (χ1) is 3.97. The van der Waals surface area contributed by atoms with Gasteiger partial charge < -0.3 is 0 Å². The van der Waals surface area contributed by atoms with Crippen molar-refractivity contribution in [2.24, 2.45) is 2.55 Å². The van der Waals surface area contributed by atoms with Crippen LogP contribution in [0, 0.1) is 2.88 Å². The SMILES string of the molecule is N1=Ic2snnc2S1. The van der Waals surface area contributed by atoms with Gasteiger partial charge in [0.1, 0.15) is 2.88 Å². The molecule has 2 rings (SSSR count). The summed E-state index contributed by atoms with van der Waals surface area (Å²) >= 11 is 2.91. The summed E-state index contributed by atoms with van der Waals surface area (Å²) in [6, 6.07) is 0. The highest BCUT2D eigenvalue weighted by atomic mass is 127. The van der Waals surface area contributed by atoms with Gasteiger partial charge in [-0.3, -0.25) is 0 Å². The Morgan fingerprint density at radius 1 is 1.50 bits per heavy atom. The van der Waals surface area contributed by atoms with Gasteiger partial charge in [-0.2, -0.15) is 2.55 Å². The molecule has 0 radical (unpaired) electrons. The summed E-state index contributed by atoms with van der Waals surface area (Å²) in [6.07, 6.45) is 0. The van der Waals surface area contributed by atoms with Crippen molar-refractivity contribution in [1.29, 1.82) is 0 Å². The van der Waals surface area contributed by atoms with E-state index in [2.05, 4.69) is 12.1 Å². The molecular weight excluding hydrogens is 257 g/mol. The average Bonchev–Trinajstić information content (AvgIpc) is 2.15. The largest absolute Gasteiger partial charge is 0.182 e. The molecule has 1 aliphatic heterocycles. The van der Waals surface area contributed by atoms with Crippen LogP contribution in [-0.2, 0) is 0 Å². The Labute approximate surface area is 64.3 Å². The molecule has 0 atom stereocenters. The minimum atomic E-state index is -0.0584. The molecule has 3 nitrogen and oxygen atoms in total. The van der Waals surface area contributed by atoms with Gasteiger partial charge in [0, 0.05) is 11.9 Å². The molecule has 0 amide bonds. The standard InChI is InChI=1S/C2IN3S2/c3-1-2(8-5-3)4-6-7-1. The first-order valence-corrected chi connectivity index (χ1v) is 5.40. The first-order valence-electron chi connectivity index (χ1n) is 1.81. The molecular formula is C2IN3S2. The number of hydrogen-bond acceptors (Lipinski definition) is 5. The molecule has 0 spiro atoms. The number of aromatic nitrogens is 2. The molecule has 6 heteroatoms. The minimum Gasteiger partial charge on any atom is -0.182 e. The van der Waals surface area contributed by atoms with Crippen LogP contribution in [0.15, 0.2) is 7.58 Å². The molecule has 0 aromatic carbocycles. The maximum atomic E-state index is 4.15. The first kappa shape index (κ1) is 5.24. The summed E-state index contributed by atoms with van der Waals surface area (Å²) in [5, 5.41) is 4.91. The van der Waals surface area contributed by atoms with Crippen LogP contribution in [0.2, 0.25) is 0 Å². The zero-order valence-corrected chi connectivity index (χ0v) is 7.33. The van der Waals surface area contributed by atoms with E-state index in [-0.39, 0.29) is 21.0 Å². The van der Waals surface area contributed by atoms with Crippen LogP contribution in [-0.4, -0.2) is 9.59 Å². The fourth-order valence-electron chi connectivity index (χ4n) is 0.359. The summed E-state index contributed by atoms with van der Waals surface area (Å²) in [5.41, 5.74) is 0. The monoisotopic (exact) mass is 257 g/mol. The van der Waals surface area contributed by atoms with Crippen LogP contribution in [0.25, 0.3) is 0 Å². The van der Waals surface area contributed by atoms with Crippen molar-refractivity contribution >= 4 is 44.5 Å². The number of nitrogens with zero attached hydrogens (tertiary/aromatic N) is 3. The van der Waals surface area contributed by atoms with Gasteiger partial charge in [-0.05, 0) is 11.5 Å². The highest BCUT2D eigenvalue weighted by Crippen LogP contribution is 2.38. The van der Waals surface area contributed by atoms with Gasteiger partial charge >= 0.3 is 0 Å². The third kappa shape index (κ3) is 0.705. The van der Waals surface area contributed by atoms with Crippen LogP contribution in [0.1, 0.15) is 0 Å². The Kier molecular flexibility index (Phi) is 1.31. The highest BCUT2D eigenvalue weighted by Gasteiger charge is 2.11. The van der Waals surface area contributed by atoms with Crippen molar-refractivity contribution in [3.8, 4) is 0 Å². The number of rotatable bonds is 0. The zero-order chi connectivity index (χ0) is 5.40. The van der Waals surface area contributed by atoms with Crippen LogP contribution in [0.4, 0.5) is 0 Å². The lowest BCUT2D eigenvalue weighted by Gasteiger charge is -1.70. The van der Waals surface area contributed by atoms with E-state index in [0.717, 1.165) is 5.03 Å². The summed E-state index contributed by atoms with van der Waals surface area (Å²) in [6.45, 7) is 0. The highest BCUT2D eigenvalue weighted by molar-refractivity contribution is 14.2. The second kappa shape index (κ2) is 1.99. The zero-order valence-electron chi connectivity index (χ0n) is 3.54. The molecule has 42 valence electrons. The quantitative estimate of drug-likeness (QED) is 0.526. The molecule has 1 aliphatic rings. The average molecular weight is 257 g/mol.